The van der Waals surface area contributed by atoms with E-state index in [1.165, 1.54) is 4.90 Å². The summed E-state index contributed by atoms with van der Waals surface area (Å²) in [5.41, 5.74) is 1.07. The number of nitrogens with one attached hydrogen (secondary N) is 4. The normalized spacial score (nSPS) is 19.2. The van der Waals surface area contributed by atoms with Gasteiger partial charge in [0.15, 0.2) is 0 Å². The molecule has 1 aromatic rings. The Morgan fingerprint density at radius 3 is 2.06 bits per heavy atom. The molecule has 1 saturated carbocycles. The predicted octanol–water partition coefficient (Wildman–Crippen LogP) is 4.25. The van der Waals surface area contributed by atoms with Gasteiger partial charge in [0.2, 0.25) is 33.7 Å². The van der Waals surface area contributed by atoms with E-state index in [9.17, 15) is 32.4 Å². The second-order valence-corrected chi connectivity index (χ2v) is 19.4. The summed E-state index contributed by atoms with van der Waals surface area (Å²) >= 11 is 1.59. The van der Waals surface area contributed by atoms with Gasteiger partial charge in [-0.2, -0.15) is 0 Å². The molecule has 1 aromatic carbocycles. The molecule has 13 nitrogen and oxygen atoms in total. The summed E-state index contributed by atoms with van der Waals surface area (Å²) in [6.07, 6.45) is 4.28. The lowest BCUT2D eigenvalue weighted by molar-refractivity contribution is -0.139. The first-order valence-electron chi connectivity index (χ1n) is 18.9. The molecule has 1 atom stereocenters. The third-order valence-corrected chi connectivity index (χ3v) is 12.4. The van der Waals surface area contributed by atoms with Crippen molar-refractivity contribution in [3.63, 3.8) is 0 Å². The van der Waals surface area contributed by atoms with Crippen LogP contribution in [0.3, 0.4) is 0 Å². The van der Waals surface area contributed by atoms with E-state index in [-0.39, 0.29) is 59.7 Å². The molecule has 1 saturated heterocycles. The second-order valence-electron chi connectivity index (χ2n) is 15.3. The number of hydrogen-bond donors (Lipinski definition) is 4. The SMILES string of the molecule is CC(C)CC(=O)Nc1ccc(C(=O)NCCNS(=O)(=O)C(C)C)cc1.CC(C)SC1CC(=O)N(CC2CCC(C(=O)NCCN(C)C(C)C)CC2)C1=O. The topological polar surface area (TPSA) is 174 Å². The Labute approximate surface area is 322 Å². The standard InChI is InChI=1S/C21H37N3O3S.C17H27N3O4S/c1-14(2)23(5)11-10-22-20(26)17-8-6-16(7-9-17)13-24-19(25)12-18(21(24)27)28-15(3)4;1-12(2)11-16(21)20-15-7-5-14(6-8-15)17(22)18-9-10-19-25(23,24)13(3)4/h14-18H,6-13H2,1-5H3,(H,22,26);5-8,12-13,19H,9-11H2,1-4H3,(H,18,22)(H,20,21). The Bertz CT molecular complexity index is 1460. The zero-order chi connectivity index (χ0) is 39.9. The fraction of sp³-hybridized carbons (Fsp3) is 0.711. The molecule has 4 N–H and O–H groups in total. The second kappa shape index (κ2) is 22.4. The van der Waals surface area contributed by atoms with Crippen LogP contribution in [-0.2, 0) is 29.2 Å². The third kappa shape index (κ3) is 16.5. The van der Waals surface area contributed by atoms with Gasteiger partial charge >= 0.3 is 0 Å². The summed E-state index contributed by atoms with van der Waals surface area (Å²) in [6.45, 7) is 17.9. The first-order chi connectivity index (χ1) is 24.8. The van der Waals surface area contributed by atoms with Gasteiger partial charge in [0, 0.05) is 68.8 Å². The molecule has 0 aromatic heterocycles. The minimum absolute atomic E-state index is 0.0159. The molecule has 0 radical (unpaired) electrons. The molecule has 1 aliphatic carbocycles. The molecule has 1 unspecified atom stereocenters. The van der Waals surface area contributed by atoms with Crippen molar-refractivity contribution in [1.29, 1.82) is 0 Å². The van der Waals surface area contributed by atoms with Crippen LogP contribution in [0.4, 0.5) is 5.69 Å². The lowest BCUT2D eigenvalue weighted by Crippen LogP contribution is -2.41. The fourth-order valence-corrected chi connectivity index (χ4v) is 7.69. The fourth-order valence-electron chi connectivity index (χ4n) is 5.83. The highest BCUT2D eigenvalue weighted by molar-refractivity contribution is 8.01. The van der Waals surface area contributed by atoms with Crippen molar-refractivity contribution in [3.8, 4) is 0 Å². The lowest BCUT2D eigenvalue weighted by atomic mass is 9.81. The van der Waals surface area contributed by atoms with E-state index in [4.69, 9.17) is 0 Å². The summed E-state index contributed by atoms with van der Waals surface area (Å²) in [4.78, 5) is 64.6. The molecule has 300 valence electrons. The van der Waals surface area contributed by atoms with Crippen molar-refractivity contribution in [1.82, 2.24) is 25.2 Å². The molecule has 5 amide bonds. The highest BCUT2D eigenvalue weighted by atomic mass is 32.2. The number of carbonyl (C=O) groups excluding carboxylic acids is 5. The van der Waals surface area contributed by atoms with Crippen LogP contribution in [0.5, 0.6) is 0 Å². The van der Waals surface area contributed by atoms with Crippen molar-refractivity contribution in [3.05, 3.63) is 29.8 Å². The molecule has 1 heterocycles. The molecular weight excluding hydrogens is 717 g/mol. The van der Waals surface area contributed by atoms with Gasteiger partial charge in [-0.15, -0.1) is 11.8 Å². The number of rotatable bonds is 18. The number of thioether (sulfide) groups is 1. The van der Waals surface area contributed by atoms with E-state index in [1.807, 2.05) is 13.8 Å². The van der Waals surface area contributed by atoms with E-state index >= 15 is 0 Å². The van der Waals surface area contributed by atoms with Crippen LogP contribution in [0.15, 0.2) is 24.3 Å². The highest BCUT2D eigenvalue weighted by Gasteiger charge is 2.40. The van der Waals surface area contributed by atoms with Crippen LogP contribution in [-0.4, -0.2) is 109 Å². The molecule has 15 heteroatoms. The first kappa shape index (κ1) is 46.1. The highest BCUT2D eigenvalue weighted by Crippen LogP contribution is 2.33. The Hall–Kier alpha value is -3.01. The summed E-state index contributed by atoms with van der Waals surface area (Å²) in [6, 6.07) is 7.02. The zero-order valence-corrected chi connectivity index (χ0v) is 34.8. The Balaban J connectivity index is 0.000000370. The number of anilines is 1. The van der Waals surface area contributed by atoms with Gasteiger partial charge in [0.1, 0.15) is 0 Å². The number of benzene rings is 1. The molecule has 3 rings (SSSR count). The number of likely N-dealkylation sites (tertiary alicyclic amines) is 1. The van der Waals surface area contributed by atoms with Gasteiger partial charge in [-0.05, 0) is 102 Å². The third-order valence-electron chi connectivity index (χ3n) is 9.30. The number of amides is 5. The predicted molar refractivity (Wildman–Crippen MR) is 213 cm³/mol. The maximum Gasteiger partial charge on any atom is 0.251 e. The summed E-state index contributed by atoms with van der Waals surface area (Å²) in [5.74, 6) is 0.403. The van der Waals surface area contributed by atoms with E-state index in [0.717, 1.165) is 32.2 Å². The van der Waals surface area contributed by atoms with Crippen molar-refractivity contribution >= 4 is 57.0 Å². The van der Waals surface area contributed by atoms with Gasteiger partial charge in [-0.3, -0.25) is 28.9 Å². The molecule has 0 spiro atoms. The van der Waals surface area contributed by atoms with Crippen molar-refractivity contribution in [2.24, 2.45) is 17.8 Å². The monoisotopic (exact) mass is 780 g/mol. The van der Waals surface area contributed by atoms with Crippen LogP contribution < -0.4 is 20.7 Å². The molecule has 2 fully saturated rings. The average molecular weight is 781 g/mol. The van der Waals surface area contributed by atoms with Gasteiger partial charge < -0.3 is 20.9 Å². The largest absolute Gasteiger partial charge is 0.355 e. The minimum Gasteiger partial charge on any atom is -0.355 e. The molecular formula is C38H64N6O7S2. The van der Waals surface area contributed by atoms with Crippen LogP contribution >= 0.6 is 11.8 Å². The van der Waals surface area contributed by atoms with Gasteiger partial charge in [0.25, 0.3) is 5.91 Å². The minimum atomic E-state index is -3.33. The van der Waals surface area contributed by atoms with Crippen molar-refractivity contribution in [2.75, 3.05) is 45.1 Å². The van der Waals surface area contributed by atoms with Gasteiger partial charge in [-0.1, -0.05) is 27.7 Å². The van der Waals surface area contributed by atoms with E-state index in [2.05, 4.69) is 60.3 Å². The van der Waals surface area contributed by atoms with Crippen LogP contribution in [0.25, 0.3) is 0 Å². The van der Waals surface area contributed by atoms with Crippen LogP contribution in [0.2, 0.25) is 0 Å². The molecule has 0 bridgehead atoms. The number of nitrogens with zero attached hydrogens (tertiary/aromatic N) is 2. The Kier molecular flexibility index (Phi) is 19.5. The van der Waals surface area contributed by atoms with Gasteiger partial charge in [0.05, 0.1) is 10.5 Å². The average Bonchev–Trinajstić information content (AvgIpc) is 3.33. The number of likely N-dealkylation sites (N-methyl/N-ethyl adjacent to an activating group) is 1. The summed E-state index contributed by atoms with van der Waals surface area (Å²) in [5, 5.41) is 8.10. The van der Waals surface area contributed by atoms with Gasteiger partial charge in [-0.25, -0.2) is 13.1 Å². The van der Waals surface area contributed by atoms with Crippen LogP contribution in [0.1, 0.15) is 104 Å². The summed E-state index contributed by atoms with van der Waals surface area (Å²) < 4.78 is 25.6. The van der Waals surface area contributed by atoms with Crippen molar-refractivity contribution < 1.29 is 32.4 Å². The maximum absolute atomic E-state index is 12.5. The number of imide groups is 1. The maximum atomic E-state index is 12.5. The smallest absolute Gasteiger partial charge is 0.251 e. The quantitative estimate of drug-likeness (QED) is 0.126. The van der Waals surface area contributed by atoms with E-state index < -0.39 is 15.3 Å². The Morgan fingerprint density at radius 2 is 1.51 bits per heavy atom. The lowest BCUT2D eigenvalue weighted by Gasteiger charge is -2.30. The van der Waals surface area contributed by atoms with Crippen molar-refractivity contribution in [2.45, 2.75) is 116 Å². The number of hydrogen-bond acceptors (Lipinski definition) is 9. The molecule has 1 aliphatic heterocycles. The molecule has 2 aliphatic rings. The van der Waals surface area contributed by atoms with E-state index in [1.54, 1.807) is 49.9 Å². The first-order valence-corrected chi connectivity index (χ1v) is 21.4. The Morgan fingerprint density at radius 1 is 0.887 bits per heavy atom. The number of sulfonamides is 1. The van der Waals surface area contributed by atoms with Crippen LogP contribution in [0, 0.1) is 17.8 Å². The summed E-state index contributed by atoms with van der Waals surface area (Å²) in [7, 11) is -1.27. The zero-order valence-electron chi connectivity index (χ0n) is 33.2. The molecule has 53 heavy (non-hydrogen) atoms. The number of carbonyl (C=O) groups is 5. The van der Waals surface area contributed by atoms with E-state index in [0.29, 0.717) is 54.4 Å².